The zero-order chi connectivity index (χ0) is 19.8. The van der Waals surface area contributed by atoms with Gasteiger partial charge in [0.05, 0.1) is 30.9 Å². The van der Waals surface area contributed by atoms with Gasteiger partial charge in [0.15, 0.2) is 0 Å². The molecule has 0 atom stereocenters. The number of nitrogens with zero attached hydrogens (tertiary/aromatic N) is 4. The van der Waals surface area contributed by atoms with E-state index >= 15 is 0 Å². The predicted octanol–water partition coefficient (Wildman–Crippen LogP) is 4.06. The number of carbonyl (C=O) groups excluding carboxylic acids is 1. The van der Waals surface area contributed by atoms with Gasteiger partial charge in [0, 0.05) is 18.0 Å². The summed E-state index contributed by atoms with van der Waals surface area (Å²) in [4.78, 5) is 14.8. The Kier molecular flexibility index (Phi) is 4.28. The van der Waals surface area contributed by atoms with Crippen LogP contribution >= 0.6 is 0 Å². The summed E-state index contributed by atoms with van der Waals surface area (Å²) in [6.45, 7) is 3.23. The highest BCUT2D eigenvalue weighted by atomic mass is 16.2. The van der Waals surface area contributed by atoms with Gasteiger partial charge in [0.25, 0.3) is 0 Å². The Labute approximate surface area is 169 Å². The molecule has 3 heterocycles. The van der Waals surface area contributed by atoms with Crippen molar-refractivity contribution in [3.8, 4) is 11.5 Å². The fourth-order valence-electron chi connectivity index (χ4n) is 3.97. The van der Waals surface area contributed by atoms with E-state index in [1.54, 1.807) is 0 Å². The third-order valence-electron chi connectivity index (χ3n) is 5.47. The molecule has 0 unspecified atom stereocenters. The Morgan fingerprint density at radius 2 is 1.66 bits per heavy atom. The van der Waals surface area contributed by atoms with Crippen LogP contribution in [0.1, 0.15) is 22.4 Å². The van der Waals surface area contributed by atoms with Gasteiger partial charge in [-0.3, -0.25) is 4.79 Å². The summed E-state index contributed by atoms with van der Waals surface area (Å²) in [6.07, 6.45) is 4.47. The minimum absolute atomic E-state index is 0.134. The van der Waals surface area contributed by atoms with Crippen molar-refractivity contribution in [1.82, 2.24) is 19.2 Å². The smallest absolute Gasteiger partial charge is 0.227 e. The largest absolute Gasteiger partial charge is 0.332 e. The number of fused-ring (bicyclic) bond motifs is 1. The number of amides is 1. The molecule has 4 aromatic rings. The van der Waals surface area contributed by atoms with E-state index in [0.29, 0.717) is 19.5 Å². The highest BCUT2D eigenvalue weighted by Gasteiger charge is 2.31. The van der Waals surface area contributed by atoms with Crippen molar-refractivity contribution in [2.45, 2.75) is 26.4 Å². The number of benzene rings is 2. The summed E-state index contributed by atoms with van der Waals surface area (Å²) in [6, 6.07) is 22.2. The molecule has 5 nitrogen and oxygen atoms in total. The quantitative estimate of drug-likeness (QED) is 0.534. The summed E-state index contributed by atoms with van der Waals surface area (Å²) in [7, 11) is 0. The van der Waals surface area contributed by atoms with Gasteiger partial charge in [0.1, 0.15) is 5.82 Å². The zero-order valence-corrected chi connectivity index (χ0v) is 16.3. The second kappa shape index (κ2) is 7.09. The van der Waals surface area contributed by atoms with Crippen molar-refractivity contribution in [3.63, 3.8) is 0 Å². The van der Waals surface area contributed by atoms with Crippen molar-refractivity contribution in [3.05, 3.63) is 102 Å². The second-order valence-corrected chi connectivity index (χ2v) is 7.45. The van der Waals surface area contributed by atoms with Crippen LogP contribution in [0.5, 0.6) is 0 Å². The molecule has 1 aliphatic heterocycles. The van der Waals surface area contributed by atoms with Crippen LogP contribution < -0.4 is 0 Å². The van der Waals surface area contributed by atoms with E-state index in [-0.39, 0.29) is 5.91 Å². The van der Waals surface area contributed by atoms with E-state index in [9.17, 15) is 4.79 Å². The first kappa shape index (κ1) is 17.5. The molecule has 5 rings (SSSR count). The van der Waals surface area contributed by atoms with Crippen LogP contribution in [0.25, 0.3) is 11.5 Å². The van der Waals surface area contributed by atoms with Gasteiger partial charge in [-0.05, 0) is 36.2 Å². The van der Waals surface area contributed by atoms with Gasteiger partial charge >= 0.3 is 0 Å². The van der Waals surface area contributed by atoms with Gasteiger partial charge in [-0.15, -0.1) is 0 Å². The molecule has 0 aliphatic carbocycles. The molecule has 0 saturated carbocycles. The van der Waals surface area contributed by atoms with E-state index in [0.717, 1.165) is 28.3 Å². The maximum absolute atomic E-state index is 12.9. The topological polar surface area (TPSA) is 43.1 Å². The minimum atomic E-state index is 0.134. The molecule has 0 fully saturated rings. The Bertz CT molecular complexity index is 1160. The van der Waals surface area contributed by atoms with Crippen molar-refractivity contribution >= 4 is 5.91 Å². The Morgan fingerprint density at radius 1 is 0.931 bits per heavy atom. The number of rotatable bonds is 4. The van der Waals surface area contributed by atoms with Crippen LogP contribution in [-0.2, 0) is 24.3 Å². The summed E-state index contributed by atoms with van der Waals surface area (Å²) in [5.41, 5.74) is 5.36. The van der Waals surface area contributed by atoms with Crippen LogP contribution in [0.2, 0.25) is 0 Å². The number of aromatic nitrogens is 3. The monoisotopic (exact) mass is 382 g/mol. The summed E-state index contributed by atoms with van der Waals surface area (Å²) >= 11 is 0. The van der Waals surface area contributed by atoms with Gasteiger partial charge in [0.2, 0.25) is 5.91 Å². The molecule has 0 radical (unpaired) electrons. The molecular weight excluding hydrogens is 360 g/mol. The molecule has 0 bridgehead atoms. The highest BCUT2D eigenvalue weighted by Crippen LogP contribution is 2.31. The summed E-state index contributed by atoms with van der Waals surface area (Å²) in [5, 5.41) is 4.92. The average molecular weight is 382 g/mol. The molecule has 2 aromatic heterocycles. The Balaban J connectivity index is 1.50. The molecule has 5 heteroatoms. The van der Waals surface area contributed by atoms with Crippen molar-refractivity contribution < 1.29 is 4.79 Å². The van der Waals surface area contributed by atoms with Gasteiger partial charge in [-0.2, -0.15) is 5.10 Å². The third kappa shape index (κ3) is 3.14. The van der Waals surface area contributed by atoms with Crippen molar-refractivity contribution in [2.75, 3.05) is 0 Å². The Hall–Kier alpha value is -3.60. The fourth-order valence-corrected chi connectivity index (χ4v) is 3.97. The zero-order valence-electron chi connectivity index (χ0n) is 16.3. The van der Waals surface area contributed by atoms with Crippen molar-refractivity contribution in [1.29, 1.82) is 0 Å². The normalized spacial score (nSPS) is 12.9. The van der Waals surface area contributed by atoms with E-state index in [1.165, 1.54) is 5.56 Å². The lowest BCUT2D eigenvalue weighted by molar-refractivity contribution is -0.131. The molecular formula is C24H22N4O. The molecule has 1 aliphatic rings. The third-order valence-corrected chi connectivity index (χ3v) is 5.47. The average Bonchev–Trinajstić information content (AvgIpc) is 3.45. The predicted molar refractivity (Wildman–Crippen MR) is 112 cm³/mol. The SMILES string of the molecule is Cc1ccccc1-n1nc2c(c1-n1cccc1)CN(C(=O)Cc1ccccc1)C2. The number of carbonyl (C=O) groups is 1. The lowest BCUT2D eigenvalue weighted by Gasteiger charge is -2.18. The molecule has 0 N–H and O–H groups in total. The second-order valence-electron chi connectivity index (χ2n) is 7.45. The van der Waals surface area contributed by atoms with Crippen LogP contribution in [-0.4, -0.2) is 25.2 Å². The van der Waals surface area contributed by atoms with Crippen LogP contribution in [0, 0.1) is 6.92 Å². The number of aryl methyl sites for hydroxylation is 1. The summed E-state index contributed by atoms with van der Waals surface area (Å²) < 4.78 is 4.10. The van der Waals surface area contributed by atoms with Crippen molar-refractivity contribution in [2.24, 2.45) is 0 Å². The van der Waals surface area contributed by atoms with Gasteiger partial charge in [-0.25, -0.2) is 4.68 Å². The number of para-hydroxylation sites is 1. The maximum Gasteiger partial charge on any atom is 0.227 e. The van der Waals surface area contributed by atoms with Crippen LogP contribution in [0.15, 0.2) is 79.1 Å². The van der Waals surface area contributed by atoms with E-state index in [2.05, 4.69) is 23.6 Å². The number of hydrogen-bond acceptors (Lipinski definition) is 2. The fraction of sp³-hybridized carbons (Fsp3) is 0.167. The lowest BCUT2D eigenvalue weighted by atomic mass is 10.1. The van der Waals surface area contributed by atoms with Gasteiger partial charge in [-0.1, -0.05) is 48.5 Å². The molecule has 0 saturated heterocycles. The van der Waals surface area contributed by atoms with Crippen LogP contribution in [0.3, 0.4) is 0 Å². The molecule has 2 aromatic carbocycles. The number of hydrogen-bond donors (Lipinski definition) is 0. The molecule has 29 heavy (non-hydrogen) atoms. The molecule has 144 valence electrons. The van der Waals surface area contributed by atoms with E-state index in [4.69, 9.17) is 5.10 Å². The minimum Gasteiger partial charge on any atom is -0.332 e. The highest BCUT2D eigenvalue weighted by molar-refractivity contribution is 5.79. The Morgan fingerprint density at radius 3 is 2.41 bits per heavy atom. The summed E-state index contributed by atoms with van der Waals surface area (Å²) in [5.74, 6) is 1.14. The van der Waals surface area contributed by atoms with E-state index in [1.807, 2.05) is 76.6 Å². The molecule has 0 spiro atoms. The van der Waals surface area contributed by atoms with E-state index < -0.39 is 0 Å². The standard InChI is InChI=1S/C24H22N4O/c1-18-9-5-6-12-22(18)28-24(26-13-7-8-14-26)20-16-27(17-21(20)25-28)23(29)15-19-10-3-2-4-11-19/h2-14H,15-17H2,1H3. The van der Waals surface area contributed by atoms with Gasteiger partial charge < -0.3 is 9.47 Å². The molecule has 1 amide bonds. The first-order valence-corrected chi connectivity index (χ1v) is 9.82. The maximum atomic E-state index is 12.9. The van der Waals surface area contributed by atoms with Crippen LogP contribution in [0.4, 0.5) is 0 Å². The lowest BCUT2D eigenvalue weighted by Crippen LogP contribution is -2.27. The first-order chi connectivity index (χ1) is 14.2. The first-order valence-electron chi connectivity index (χ1n) is 9.82.